The number of hydrogen-bond acceptors (Lipinski definition) is 6. The van der Waals surface area contributed by atoms with Crippen LogP contribution in [0.5, 0.6) is 0 Å². The van der Waals surface area contributed by atoms with E-state index in [-0.39, 0.29) is 11.5 Å². The van der Waals surface area contributed by atoms with Crippen molar-refractivity contribution < 1.29 is 4.42 Å². The van der Waals surface area contributed by atoms with Crippen molar-refractivity contribution in [2.45, 2.75) is 31.2 Å². The van der Waals surface area contributed by atoms with E-state index in [0.717, 1.165) is 56.7 Å². The molecular formula is C24H24N4O2. The molecule has 2 atom stereocenters. The second kappa shape index (κ2) is 7.92. The molecule has 0 bridgehead atoms. The Morgan fingerprint density at radius 2 is 1.87 bits per heavy atom. The maximum Gasteiger partial charge on any atom is 0.345 e. The molecule has 0 radical (unpaired) electrons. The van der Waals surface area contributed by atoms with Crippen LogP contribution in [0.3, 0.4) is 0 Å². The monoisotopic (exact) mass is 400 g/mol. The molecule has 30 heavy (non-hydrogen) atoms. The van der Waals surface area contributed by atoms with Gasteiger partial charge in [0.1, 0.15) is 5.76 Å². The second-order valence-electron chi connectivity index (χ2n) is 8.22. The molecule has 5 rings (SSSR count). The summed E-state index contributed by atoms with van der Waals surface area (Å²) in [5.74, 6) is 1.07. The standard InChI is InChI=1S/C24H24N4O2/c25-16-17-3-6-19(7-4-17)27-10-12-28(13-11-27)20-8-5-18(14-20)23-15-22-21(24(29)30-23)2-1-9-26-22/h1-4,6-7,9,15,18,20H,5,8,10-14H2/t18-,20+/m0/s1. The minimum atomic E-state index is -0.282. The number of piperazine rings is 1. The van der Waals surface area contributed by atoms with Crippen molar-refractivity contribution in [1.82, 2.24) is 9.88 Å². The van der Waals surface area contributed by atoms with Gasteiger partial charge in [-0.05, 0) is 55.7 Å². The topological polar surface area (TPSA) is 73.4 Å². The number of anilines is 1. The largest absolute Gasteiger partial charge is 0.427 e. The summed E-state index contributed by atoms with van der Waals surface area (Å²) in [6.45, 7) is 4.03. The summed E-state index contributed by atoms with van der Waals surface area (Å²) in [4.78, 5) is 21.6. The highest BCUT2D eigenvalue weighted by atomic mass is 16.4. The molecule has 1 saturated carbocycles. The van der Waals surface area contributed by atoms with E-state index in [0.29, 0.717) is 17.0 Å². The molecule has 3 aromatic rings. The Hall–Kier alpha value is -3.17. The van der Waals surface area contributed by atoms with Crippen molar-refractivity contribution in [3.05, 3.63) is 70.4 Å². The van der Waals surface area contributed by atoms with Crippen LogP contribution in [0.1, 0.15) is 36.5 Å². The van der Waals surface area contributed by atoms with Crippen LogP contribution in [-0.2, 0) is 0 Å². The van der Waals surface area contributed by atoms with E-state index in [9.17, 15) is 4.79 Å². The number of nitrogens with zero attached hydrogens (tertiary/aromatic N) is 4. The molecule has 0 unspecified atom stereocenters. The van der Waals surface area contributed by atoms with E-state index in [1.807, 2.05) is 30.3 Å². The maximum atomic E-state index is 12.3. The van der Waals surface area contributed by atoms with Gasteiger partial charge in [0.15, 0.2) is 0 Å². The molecule has 0 spiro atoms. The number of nitriles is 1. The zero-order valence-electron chi connectivity index (χ0n) is 16.8. The first-order valence-corrected chi connectivity index (χ1v) is 10.6. The Labute approximate surface area is 175 Å². The normalized spacial score (nSPS) is 22.3. The molecule has 6 heteroatoms. The van der Waals surface area contributed by atoms with Gasteiger partial charge in [-0.15, -0.1) is 0 Å². The zero-order valence-corrected chi connectivity index (χ0v) is 16.8. The Bertz CT molecular complexity index is 1140. The molecule has 6 nitrogen and oxygen atoms in total. The molecule has 2 aromatic heterocycles. The van der Waals surface area contributed by atoms with Crippen molar-refractivity contribution >= 4 is 16.6 Å². The first kappa shape index (κ1) is 18.8. The van der Waals surface area contributed by atoms with E-state index in [4.69, 9.17) is 9.68 Å². The average Bonchev–Trinajstić information content (AvgIpc) is 3.30. The van der Waals surface area contributed by atoms with E-state index in [2.05, 4.69) is 20.9 Å². The van der Waals surface area contributed by atoms with Crippen molar-refractivity contribution in [2.75, 3.05) is 31.1 Å². The van der Waals surface area contributed by atoms with Crippen molar-refractivity contribution in [2.24, 2.45) is 0 Å². The highest BCUT2D eigenvalue weighted by Gasteiger charge is 2.33. The minimum absolute atomic E-state index is 0.282. The van der Waals surface area contributed by atoms with Gasteiger partial charge in [0.25, 0.3) is 0 Å². The molecule has 2 fully saturated rings. The Morgan fingerprint density at radius 3 is 2.63 bits per heavy atom. The summed E-state index contributed by atoms with van der Waals surface area (Å²) < 4.78 is 5.66. The van der Waals surface area contributed by atoms with Crippen molar-refractivity contribution in [3.8, 4) is 6.07 Å². The third kappa shape index (κ3) is 3.57. The summed E-state index contributed by atoms with van der Waals surface area (Å²) in [5, 5.41) is 9.52. The SMILES string of the molecule is N#Cc1ccc(N2CCN([C@@H]3CC[C@H](c4cc5ncccc5c(=O)o4)C3)CC2)cc1. The fourth-order valence-corrected chi connectivity index (χ4v) is 4.87. The van der Waals surface area contributed by atoms with Gasteiger partial charge >= 0.3 is 5.63 Å². The molecular weight excluding hydrogens is 376 g/mol. The molecule has 2 aliphatic rings. The number of pyridine rings is 1. The van der Waals surface area contributed by atoms with Crippen molar-refractivity contribution in [3.63, 3.8) is 0 Å². The van der Waals surface area contributed by atoms with Crippen LogP contribution in [0.15, 0.2) is 57.9 Å². The number of hydrogen-bond donors (Lipinski definition) is 0. The molecule has 152 valence electrons. The summed E-state index contributed by atoms with van der Waals surface area (Å²) >= 11 is 0. The molecule has 1 aliphatic heterocycles. The fourth-order valence-electron chi connectivity index (χ4n) is 4.87. The Kier molecular flexibility index (Phi) is 4.97. The number of aromatic nitrogens is 1. The average molecular weight is 400 g/mol. The molecule has 3 heterocycles. The lowest BCUT2D eigenvalue weighted by Gasteiger charge is -2.39. The second-order valence-corrected chi connectivity index (χ2v) is 8.22. The third-order valence-electron chi connectivity index (χ3n) is 6.55. The van der Waals surface area contributed by atoms with Gasteiger partial charge in [-0.2, -0.15) is 5.26 Å². The molecule has 0 amide bonds. The lowest BCUT2D eigenvalue weighted by molar-refractivity contribution is 0.185. The van der Waals surface area contributed by atoms with Gasteiger partial charge in [0.2, 0.25) is 0 Å². The lowest BCUT2D eigenvalue weighted by Crippen LogP contribution is -2.49. The fraction of sp³-hybridized carbons (Fsp3) is 0.375. The minimum Gasteiger partial charge on any atom is -0.427 e. The van der Waals surface area contributed by atoms with E-state index in [1.165, 1.54) is 5.69 Å². The first-order valence-electron chi connectivity index (χ1n) is 10.6. The van der Waals surface area contributed by atoms with Crippen LogP contribution >= 0.6 is 0 Å². The van der Waals surface area contributed by atoms with Crippen LogP contribution in [0.4, 0.5) is 5.69 Å². The van der Waals surface area contributed by atoms with Gasteiger partial charge in [0.05, 0.1) is 22.5 Å². The predicted molar refractivity (Wildman–Crippen MR) is 116 cm³/mol. The molecule has 1 aliphatic carbocycles. The highest BCUT2D eigenvalue weighted by Crippen LogP contribution is 2.37. The lowest BCUT2D eigenvalue weighted by atomic mass is 10.0. The first-order chi connectivity index (χ1) is 14.7. The predicted octanol–water partition coefficient (Wildman–Crippen LogP) is 3.52. The summed E-state index contributed by atoms with van der Waals surface area (Å²) in [7, 11) is 0. The van der Waals surface area contributed by atoms with Gasteiger partial charge in [-0.1, -0.05) is 0 Å². The summed E-state index contributed by atoms with van der Waals surface area (Å²) in [6.07, 6.45) is 4.92. The van der Waals surface area contributed by atoms with Gasteiger partial charge in [0, 0.05) is 56.1 Å². The number of benzene rings is 1. The van der Waals surface area contributed by atoms with Gasteiger partial charge in [-0.3, -0.25) is 9.88 Å². The van der Waals surface area contributed by atoms with Crippen LogP contribution < -0.4 is 10.5 Å². The number of rotatable bonds is 3. The number of fused-ring (bicyclic) bond motifs is 1. The quantitative estimate of drug-likeness (QED) is 0.670. The van der Waals surface area contributed by atoms with Gasteiger partial charge in [-0.25, -0.2) is 4.79 Å². The van der Waals surface area contributed by atoms with Crippen molar-refractivity contribution in [1.29, 1.82) is 5.26 Å². The third-order valence-corrected chi connectivity index (χ3v) is 6.55. The summed E-state index contributed by atoms with van der Waals surface area (Å²) in [6, 6.07) is 16.0. The summed E-state index contributed by atoms with van der Waals surface area (Å²) in [5.41, 5.74) is 2.33. The molecule has 1 aromatic carbocycles. The van der Waals surface area contributed by atoms with E-state index >= 15 is 0 Å². The van der Waals surface area contributed by atoms with E-state index < -0.39 is 0 Å². The smallest absolute Gasteiger partial charge is 0.345 e. The van der Waals surface area contributed by atoms with Gasteiger partial charge < -0.3 is 9.32 Å². The molecule has 0 N–H and O–H groups in total. The van der Waals surface area contributed by atoms with E-state index in [1.54, 1.807) is 18.3 Å². The van der Waals surface area contributed by atoms with Crippen LogP contribution in [0.2, 0.25) is 0 Å². The Morgan fingerprint density at radius 1 is 1.07 bits per heavy atom. The highest BCUT2D eigenvalue weighted by molar-refractivity contribution is 5.76. The van der Waals surface area contributed by atoms with Crippen LogP contribution in [0, 0.1) is 11.3 Å². The zero-order chi connectivity index (χ0) is 20.5. The Balaban J connectivity index is 1.23. The maximum absolute atomic E-state index is 12.3. The van der Waals surface area contributed by atoms with Crippen LogP contribution in [-0.4, -0.2) is 42.1 Å². The van der Waals surface area contributed by atoms with Crippen LogP contribution in [0.25, 0.3) is 10.9 Å². The molecule has 1 saturated heterocycles.